The van der Waals surface area contributed by atoms with Crippen LogP contribution in [0.25, 0.3) is 10.6 Å². The molecule has 0 aliphatic rings. The van der Waals surface area contributed by atoms with Gasteiger partial charge in [0.2, 0.25) is 0 Å². The van der Waals surface area contributed by atoms with Gasteiger partial charge in [-0.2, -0.15) is 0 Å². The molecule has 6 nitrogen and oxygen atoms in total. The lowest BCUT2D eigenvalue weighted by molar-refractivity contribution is 0.102. The molecule has 1 heterocycles. The fourth-order valence-electron chi connectivity index (χ4n) is 3.09. The van der Waals surface area contributed by atoms with E-state index in [1.54, 1.807) is 56.0 Å². The van der Waals surface area contributed by atoms with Crippen LogP contribution in [-0.4, -0.2) is 25.1 Å². The topological polar surface area (TPSA) is 69.7 Å². The van der Waals surface area contributed by atoms with Crippen LogP contribution in [-0.2, 0) is 6.61 Å². The van der Waals surface area contributed by atoms with E-state index in [-0.39, 0.29) is 5.91 Å². The van der Waals surface area contributed by atoms with E-state index in [1.807, 2.05) is 24.3 Å². The average molecular weight is 515 g/mol. The molecule has 0 aliphatic carbocycles. The monoisotopic (exact) mass is 514 g/mol. The molecule has 0 fully saturated rings. The first-order valence-electron chi connectivity index (χ1n) is 10.1. The Kier molecular flexibility index (Phi) is 7.57. The van der Waals surface area contributed by atoms with Gasteiger partial charge in [0.15, 0.2) is 11.5 Å². The zero-order valence-corrected chi connectivity index (χ0v) is 20.6. The average Bonchev–Trinajstić information content (AvgIpc) is 3.36. The number of nitrogens with one attached hydrogen (secondary N) is 1. The first kappa shape index (κ1) is 23.9. The van der Waals surface area contributed by atoms with Crippen molar-refractivity contribution in [2.45, 2.75) is 6.61 Å². The second kappa shape index (κ2) is 10.8. The Morgan fingerprint density at radius 1 is 0.941 bits per heavy atom. The van der Waals surface area contributed by atoms with Crippen LogP contribution in [0.5, 0.6) is 17.2 Å². The summed E-state index contributed by atoms with van der Waals surface area (Å²) in [5, 5.41) is 6.21. The van der Waals surface area contributed by atoms with Gasteiger partial charge in [-0.25, -0.2) is 4.98 Å². The van der Waals surface area contributed by atoms with Crippen LogP contribution in [0.4, 0.5) is 5.69 Å². The number of nitrogens with zero attached hydrogens (tertiary/aromatic N) is 1. The molecular formula is C25H20Cl2N2O4S. The van der Waals surface area contributed by atoms with Gasteiger partial charge in [0.1, 0.15) is 23.1 Å². The van der Waals surface area contributed by atoms with Crippen molar-refractivity contribution < 1.29 is 19.0 Å². The lowest BCUT2D eigenvalue weighted by Crippen LogP contribution is -2.12. The molecule has 4 rings (SSSR count). The molecule has 1 amide bonds. The minimum atomic E-state index is -0.291. The van der Waals surface area contributed by atoms with Gasteiger partial charge in [-0.1, -0.05) is 29.3 Å². The summed E-state index contributed by atoms with van der Waals surface area (Å²) in [4.78, 5) is 17.1. The normalized spacial score (nSPS) is 10.6. The molecule has 34 heavy (non-hydrogen) atoms. The highest BCUT2D eigenvalue weighted by Crippen LogP contribution is 2.34. The second-order valence-corrected chi connectivity index (χ2v) is 8.80. The van der Waals surface area contributed by atoms with Crippen molar-refractivity contribution in [1.29, 1.82) is 0 Å². The fraction of sp³-hybridized carbons (Fsp3) is 0.120. The molecule has 0 aliphatic heterocycles. The Bertz CT molecular complexity index is 1310. The molecule has 3 aromatic carbocycles. The molecule has 0 unspecified atom stereocenters. The molecule has 1 aromatic heterocycles. The van der Waals surface area contributed by atoms with Crippen molar-refractivity contribution in [2.24, 2.45) is 0 Å². The molecule has 0 bridgehead atoms. The number of hydrogen-bond acceptors (Lipinski definition) is 6. The summed E-state index contributed by atoms with van der Waals surface area (Å²) in [5.74, 6) is 1.55. The molecule has 0 atom stereocenters. The number of halogens is 2. The van der Waals surface area contributed by atoms with Gasteiger partial charge in [-0.3, -0.25) is 4.79 Å². The van der Waals surface area contributed by atoms with E-state index in [1.165, 1.54) is 11.3 Å². The molecule has 0 spiro atoms. The van der Waals surface area contributed by atoms with Gasteiger partial charge in [-0.05, 0) is 60.2 Å². The van der Waals surface area contributed by atoms with Crippen LogP contribution in [0.15, 0.2) is 66.0 Å². The van der Waals surface area contributed by atoms with Crippen molar-refractivity contribution in [2.75, 3.05) is 19.5 Å². The molecule has 0 radical (unpaired) electrons. The number of amides is 1. The van der Waals surface area contributed by atoms with Crippen molar-refractivity contribution >= 4 is 46.1 Å². The second-order valence-electron chi connectivity index (χ2n) is 7.12. The van der Waals surface area contributed by atoms with Crippen LogP contribution in [0.3, 0.4) is 0 Å². The van der Waals surface area contributed by atoms with Gasteiger partial charge < -0.3 is 19.5 Å². The summed E-state index contributed by atoms with van der Waals surface area (Å²) in [5.41, 5.74) is 2.68. The number of anilines is 1. The molecule has 4 aromatic rings. The number of rotatable bonds is 8. The molecule has 1 N–H and O–H groups in total. The van der Waals surface area contributed by atoms with Gasteiger partial charge in [0.25, 0.3) is 5.91 Å². The number of carbonyl (C=O) groups is 1. The van der Waals surface area contributed by atoms with E-state index >= 15 is 0 Å². The number of aromatic nitrogens is 1. The minimum absolute atomic E-state index is 0.291. The largest absolute Gasteiger partial charge is 0.497 e. The summed E-state index contributed by atoms with van der Waals surface area (Å²) < 4.78 is 16.5. The summed E-state index contributed by atoms with van der Waals surface area (Å²) in [6, 6.07) is 17.9. The van der Waals surface area contributed by atoms with Gasteiger partial charge >= 0.3 is 0 Å². The maximum atomic E-state index is 12.6. The zero-order valence-electron chi connectivity index (χ0n) is 18.3. The van der Waals surface area contributed by atoms with Gasteiger partial charge in [0, 0.05) is 16.6 Å². The first-order valence-corrected chi connectivity index (χ1v) is 11.8. The number of hydrogen-bond donors (Lipinski definition) is 1. The van der Waals surface area contributed by atoms with Gasteiger partial charge in [-0.15, -0.1) is 11.3 Å². The minimum Gasteiger partial charge on any atom is -0.497 e. The number of carbonyl (C=O) groups excluding carboxylic acids is 1. The zero-order chi connectivity index (χ0) is 24.1. The highest BCUT2D eigenvalue weighted by Gasteiger charge is 2.15. The van der Waals surface area contributed by atoms with Crippen LogP contribution in [0.2, 0.25) is 10.0 Å². The SMILES string of the molecule is COc1ccc(NC(=O)c2csc(-c3ccc(OCc4ccc(Cl)c(Cl)c4)c(OC)c3)n2)cc1. The Morgan fingerprint density at radius 3 is 2.44 bits per heavy atom. The quantitative estimate of drug-likeness (QED) is 0.275. The van der Waals surface area contributed by atoms with E-state index in [0.717, 1.165) is 11.1 Å². The lowest BCUT2D eigenvalue weighted by Gasteiger charge is -2.12. The van der Waals surface area contributed by atoms with Crippen LogP contribution in [0, 0.1) is 0 Å². The maximum Gasteiger partial charge on any atom is 0.275 e. The van der Waals surface area contributed by atoms with E-state index in [4.69, 9.17) is 37.4 Å². The van der Waals surface area contributed by atoms with Crippen LogP contribution in [0.1, 0.15) is 16.1 Å². The van der Waals surface area contributed by atoms with Crippen molar-refractivity contribution in [3.63, 3.8) is 0 Å². The Balaban J connectivity index is 1.45. The summed E-state index contributed by atoms with van der Waals surface area (Å²) in [7, 11) is 3.16. The van der Waals surface area contributed by atoms with Crippen molar-refractivity contribution in [1.82, 2.24) is 4.98 Å². The number of ether oxygens (including phenoxy) is 3. The van der Waals surface area contributed by atoms with Crippen LogP contribution < -0.4 is 19.5 Å². The van der Waals surface area contributed by atoms with Crippen molar-refractivity contribution in [3.8, 4) is 27.8 Å². The standard InChI is InChI=1S/C25H20Cl2N2O4S/c1-31-18-7-5-17(6-8-18)28-24(30)21-14-34-25(29-21)16-4-10-22(23(12-16)32-2)33-13-15-3-9-19(26)20(27)11-15/h3-12,14H,13H2,1-2H3,(H,28,30). The summed E-state index contributed by atoms with van der Waals surface area (Å²) >= 11 is 13.4. The molecule has 0 saturated heterocycles. The number of methoxy groups -OCH3 is 2. The highest BCUT2D eigenvalue weighted by atomic mass is 35.5. The smallest absolute Gasteiger partial charge is 0.275 e. The maximum absolute atomic E-state index is 12.6. The number of thiazole rings is 1. The highest BCUT2D eigenvalue weighted by molar-refractivity contribution is 7.13. The molecule has 9 heteroatoms. The Hall–Kier alpha value is -3.26. The lowest BCUT2D eigenvalue weighted by atomic mass is 10.2. The third-order valence-electron chi connectivity index (χ3n) is 4.87. The predicted molar refractivity (Wildman–Crippen MR) is 136 cm³/mol. The summed E-state index contributed by atoms with van der Waals surface area (Å²) in [6.07, 6.45) is 0. The first-order chi connectivity index (χ1) is 16.5. The number of benzene rings is 3. The van der Waals surface area contributed by atoms with E-state index in [2.05, 4.69) is 10.3 Å². The third-order valence-corrected chi connectivity index (χ3v) is 6.50. The fourth-order valence-corrected chi connectivity index (χ4v) is 4.21. The van der Waals surface area contributed by atoms with E-state index in [9.17, 15) is 4.79 Å². The van der Waals surface area contributed by atoms with Crippen LogP contribution >= 0.6 is 34.5 Å². The van der Waals surface area contributed by atoms with Crippen molar-refractivity contribution in [3.05, 3.63) is 87.3 Å². The molecule has 174 valence electrons. The van der Waals surface area contributed by atoms with Gasteiger partial charge in [0.05, 0.1) is 24.3 Å². The Morgan fingerprint density at radius 2 is 1.74 bits per heavy atom. The van der Waals surface area contributed by atoms with E-state index < -0.39 is 0 Å². The Labute approximate surface area is 211 Å². The summed E-state index contributed by atoms with van der Waals surface area (Å²) in [6.45, 7) is 0.305. The third kappa shape index (κ3) is 5.62. The molecule has 0 saturated carbocycles. The molecular weight excluding hydrogens is 495 g/mol. The van der Waals surface area contributed by atoms with E-state index in [0.29, 0.717) is 50.3 Å². The predicted octanol–water partition coefficient (Wildman–Crippen LogP) is 6.97.